The minimum atomic E-state index is -0.0324. The summed E-state index contributed by atoms with van der Waals surface area (Å²) in [5.41, 5.74) is 4.84. The van der Waals surface area contributed by atoms with Crippen LogP contribution in [0.5, 0.6) is 0 Å². The fraction of sp³-hybridized carbons (Fsp3) is 0.417. The van der Waals surface area contributed by atoms with E-state index in [9.17, 15) is 4.39 Å². The van der Waals surface area contributed by atoms with Crippen LogP contribution in [0.1, 0.15) is 35.1 Å². The number of halogens is 1. The molecular weight excluding hydrogens is 349 g/mol. The van der Waals surface area contributed by atoms with Gasteiger partial charge in [0, 0.05) is 60.8 Å². The molecule has 1 aliphatic heterocycles. The fourth-order valence-electron chi connectivity index (χ4n) is 5.54. The molecule has 1 saturated heterocycles. The number of benzene rings is 2. The van der Waals surface area contributed by atoms with Crippen LogP contribution >= 0.6 is 0 Å². The van der Waals surface area contributed by atoms with E-state index >= 15 is 0 Å². The van der Waals surface area contributed by atoms with Gasteiger partial charge in [-0.3, -0.25) is 4.90 Å². The van der Waals surface area contributed by atoms with Crippen molar-refractivity contribution in [3.05, 3.63) is 71.2 Å². The summed E-state index contributed by atoms with van der Waals surface area (Å²) in [5, 5.41) is 1.35. The highest BCUT2D eigenvalue weighted by molar-refractivity contribution is 5.84. The standard InChI is InChI=1S/C24H28FN3/c1-26(2)23-15-28(22-12-11-16-7-6-9-20(25)24(16)22)14-19(23)18-13-27(3)21-10-5-4-8-17(18)21/h4-10,13,19,22-23H,11-12,14-15H2,1-3H3/t19-,22?,23+/m1/s1. The highest BCUT2D eigenvalue weighted by atomic mass is 19.1. The number of rotatable bonds is 3. The van der Waals surface area contributed by atoms with E-state index in [-0.39, 0.29) is 11.9 Å². The van der Waals surface area contributed by atoms with E-state index in [1.165, 1.54) is 22.0 Å². The number of aryl methyl sites for hydroxylation is 2. The Labute approximate surface area is 166 Å². The molecular formula is C24H28FN3. The molecule has 3 aromatic rings. The van der Waals surface area contributed by atoms with Gasteiger partial charge in [0.05, 0.1) is 0 Å². The van der Waals surface area contributed by atoms with Crippen molar-refractivity contribution in [3.63, 3.8) is 0 Å². The van der Waals surface area contributed by atoms with Gasteiger partial charge in [-0.05, 0) is 50.2 Å². The zero-order valence-corrected chi connectivity index (χ0v) is 16.9. The summed E-state index contributed by atoms with van der Waals surface area (Å²) < 4.78 is 16.9. The van der Waals surface area contributed by atoms with Gasteiger partial charge in [-0.2, -0.15) is 0 Å². The molecule has 0 radical (unpaired) electrons. The highest BCUT2D eigenvalue weighted by Crippen LogP contribution is 2.43. The Morgan fingerprint density at radius 2 is 1.86 bits per heavy atom. The summed E-state index contributed by atoms with van der Waals surface area (Å²) in [6.07, 6.45) is 4.32. The first-order chi connectivity index (χ1) is 13.5. The fourth-order valence-corrected chi connectivity index (χ4v) is 5.54. The minimum absolute atomic E-state index is 0.0324. The monoisotopic (exact) mass is 377 g/mol. The normalized spacial score (nSPS) is 25.1. The smallest absolute Gasteiger partial charge is 0.128 e. The second-order valence-corrected chi connectivity index (χ2v) is 8.67. The van der Waals surface area contributed by atoms with Crippen molar-refractivity contribution in [1.29, 1.82) is 0 Å². The molecule has 1 fully saturated rings. The van der Waals surface area contributed by atoms with Gasteiger partial charge in [-0.25, -0.2) is 4.39 Å². The molecule has 0 bridgehead atoms. The van der Waals surface area contributed by atoms with E-state index in [1.807, 2.05) is 6.07 Å². The number of hydrogen-bond donors (Lipinski definition) is 0. The van der Waals surface area contributed by atoms with Crippen LogP contribution < -0.4 is 0 Å². The van der Waals surface area contributed by atoms with Crippen LogP contribution in [0.3, 0.4) is 0 Å². The summed E-state index contributed by atoms with van der Waals surface area (Å²) >= 11 is 0. The summed E-state index contributed by atoms with van der Waals surface area (Å²) in [6, 6.07) is 14.9. The topological polar surface area (TPSA) is 11.4 Å². The molecule has 28 heavy (non-hydrogen) atoms. The summed E-state index contributed by atoms with van der Waals surface area (Å²) in [4.78, 5) is 4.88. The Bertz CT molecular complexity index is 1020. The Hall–Kier alpha value is -2.17. The van der Waals surface area contributed by atoms with Crippen LogP contribution in [-0.2, 0) is 13.5 Å². The molecule has 5 rings (SSSR count). The molecule has 1 aromatic heterocycles. The first-order valence-electron chi connectivity index (χ1n) is 10.3. The van der Waals surface area contributed by atoms with E-state index in [2.05, 4.69) is 72.0 Å². The minimum Gasteiger partial charge on any atom is -0.350 e. The van der Waals surface area contributed by atoms with E-state index in [4.69, 9.17) is 0 Å². The van der Waals surface area contributed by atoms with Crippen LogP contribution in [0, 0.1) is 5.82 Å². The largest absolute Gasteiger partial charge is 0.350 e. The average Bonchev–Trinajstić information content (AvgIpc) is 3.37. The first-order valence-corrected chi connectivity index (χ1v) is 10.3. The van der Waals surface area contributed by atoms with Crippen molar-refractivity contribution in [3.8, 4) is 0 Å². The lowest BCUT2D eigenvalue weighted by Crippen LogP contribution is -2.35. The Kier molecular flexibility index (Phi) is 4.29. The molecule has 3 nitrogen and oxygen atoms in total. The molecule has 146 valence electrons. The third-order valence-electron chi connectivity index (χ3n) is 6.91. The first kappa shape index (κ1) is 17.9. The average molecular weight is 378 g/mol. The molecule has 1 unspecified atom stereocenters. The maximum absolute atomic E-state index is 14.6. The number of aromatic nitrogens is 1. The zero-order chi connectivity index (χ0) is 19.4. The molecule has 0 N–H and O–H groups in total. The van der Waals surface area contributed by atoms with Crippen LogP contribution in [0.4, 0.5) is 4.39 Å². The van der Waals surface area contributed by atoms with Gasteiger partial charge >= 0.3 is 0 Å². The quantitative estimate of drug-likeness (QED) is 0.673. The van der Waals surface area contributed by atoms with E-state index in [0.29, 0.717) is 12.0 Å². The van der Waals surface area contributed by atoms with Gasteiger partial charge in [0.2, 0.25) is 0 Å². The maximum Gasteiger partial charge on any atom is 0.128 e. The van der Waals surface area contributed by atoms with Crippen LogP contribution in [0.15, 0.2) is 48.7 Å². The van der Waals surface area contributed by atoms with Crippen molar-refractivity contribution in [1.82, 2.24) is 14.4 Å². The summed E-state index contributed by atoms with van der Waals surface area (Å²) in [7, 11) is 6.48. The molecule has 0 spiro atoms. The number of likely N-dealkylation sites (tertiary alicyclic amines) is 1. The molecule has 2 aromatic carbocycles. The van der Waals surface area contributed by atoms with Crippen LogP contribution in [0.2, 0.25) is 0 Å². The lowest BCUT2D eigenvalue weighted by atomic mass is 9.93. The van der Waals surface area contributed by atoms with Crippen molar-refractivity contribution < 1.29 is 4.39 Å². The Morgan fingerprint density at radius 3 is 2.68 bits per heavy atom. The molecule has 3 atom stereocenters. The molecule has 2 heterocycles. The van der Waals surface area contributed by atoms with Gasteiger partial charge in [-0.1, -0.05) is 30.3 Å². The van der Waals surface area contributed by atoms with Gasteiger partial charge in [0.25, 0.3) is 0 Å². The lowest BCUT2D eigenvalue weighted by Gasteiger charge is -2.26. The van der Waals surface area contributed by atoms with Crippen molar-refractivity contribution >= 4 is 10.9 Å². The van der Waals surface area contributed by atoms with Gasteiger partial charge in [-0.15, -0.1) is 0 Å². The van der Waals surface area contributed by atoms with Gasteiger partial charge in [0.15, 0.2) is 0 Å². The summed E-state index contributed by atoms with van der Waals surface area (Å²) in [5.74, 6) is 0.395. The van der Waals surface area contributed by atoms with Crippen molar-refractivity contribution in [2.75, 3.05) is 27.2 Å². The molecule has 4 heteroatoms. The number of nitrogens with zero attached hydrogens (tertiary/aromatic N) is 3. The van der Waals surface area contributed by atoms with E-state index < -0.39 is 0 Å². The zero-order valence-electron chi connectivity index (χ0n) is 16.9. The van der Waals surface area contributed by atoms with Gasteiger partial charge < -0.3 is 9.47 Å². The van der Waals surface area contributed by atoms with E-state index in [0.717, 1.165) is 31.5 Å². The molecule has 0 amide bonds. The molecule has 0 saturated carbocycles. The van der Waals surface area contributed by atoms with E-state index in [1.54, 1.807) is 6.07 Å². The second kappa shape index (κ2) is 6.71. The SMILES string of the molecule is CN(C)[C@H]1CN(C2CCc3cccc(F)c32)C[C@@H]1c1cn(C)c2ccccc12. The van der Waals surface area contributed by atoms with Crippen molar-refractivity contribution in [2.45, 2.75) is 30.8 Å². The number of hydrogen-bond acceptors (Lipinski definition) is 2. The maximum atomic E-state index is 14.6. The van der Waals surface area contributed by atoms with Gasteiger partial charge in [0.1, 0.15) is 5.82 Å². The van der Waals surface area contributed by atoms with Crippen molar-refractivity contribution in [2.24, 2.45) is 7.05 Å². The number of fused-ring (bicyclic) bond motifs is 2. The Morgan fingerprint density at radius 1 is 1.04 bits per heavy atom. The number of para-hydroxylation sites is 1. The number of likely N-dealkylation sites (N-methyl/N-ethyl adjacent to an activating group) is 1. The lowest BCUT2D eigenvalue weighted by molar-refractivity contribution is 0.213. The molecule has 1 aliphatic carbocycles. The third kappa shape index (κ3) is 2.70. The Balaban J connectivity index is 1.52. The second-order valence-electron chi connectivity index (χ2n) is 8.67. The third-order valence-corrected chi connectivity index (χ3v) is 6.91. The summed E-state index contributed by atoms with van der Waals surface area (Å²) in [6.45, 7) is 1.97. The van der Waals surface area contributed by atoms with Crippen LogP contribution in [0.25, 0.3) is 10.9 Å². The van der Waals surface area contributed by atoms with Crippen LogP contribution in [-0.4, -0.2) is 47.6 Å². The highest BCUT2D eigenvalue weighted by Gasteiger charge is 2.41. The predicted molar refractivity (Wildman–Crippen MR) is 112 cm³/mol. The molecule has 2 aliphatic rings. The predicted octanol–water partition coefficient (Wildman–Crippen LogP) is 4.33.